The standard InChI is InChI=1S/C18H19N3O4/c1-20-12-7-5-4-6-11(12)14-13(18(20)23)16(24-3)15(21(14)2)17(22)19-10-8-25-9-10/h4-7,10H,8-9H2,1-3H3,(H,19,22). The third kappa shape index (κ3) is 2.16. The summed E-state index contributed by atoms with van der Waals surface area (Å²) in [5.41, 5.74) is 1.66. The molecule has 25 heavy (non-hydrogen) atoms. The number of amides is 1. The molecule has 1 aliphatic rings. The SMILES string of the molecule is COc1c(C(=O)NC2COC2)n(C)c2c1c(=O)n(C)c1ccccc21. The van der Waals surface area contributed by atoms with E-state index in [2.05, 4.69) is 5.32 Å². The molecule has 1 amide bonds. The third-order valence-electron chi connectivity index (χ3n) is 4.78. The predicted octanol–water partition coefficient (Wildman–Crippen LogP) is 1.17. The molecule has 0 atom stereocenters. The number of aromatic nitrogens is 2. The highest BCUT2D eigenvalue weighted by Gasteiger charge is 2.29. The van der Waals surface area contributed by atoms with E-state index >= 15 is 0 Å². The van der Waals surface area contributed by atoms with E-state index in [0.29, 0.717) is 35.6 Å². The molecular formula is C18H19N3O4. The average molecular weight is 341 g/mol. The van der Waals surface area contributed by atoms with Gasteiger partial charge in [-0.3, -0.25) is 9.59 Å². The van der Waals surface area contributed by atoms with Gasteiger partial charge in [0.25, 0.3) is 11.5 Å². The number of ether oxygens (including phenoxy) is 2. The van der Waals surface area contributed by atoms with Crippen molar-refractivity contribution >= 4 is 27.7 Å². The lowest BCUT2D eigenvalue weighted by Gasteiger charge is -2.26. The zero-order chi connectivity index (χ0) is 17.7. The van der Waals surface area contributed by atoms with Crippen molar-refractivity contribution in [1.82, 2.24) is 14.5 Å². The number of aryl methyl sites for hydroxylation is 2. The molecule has 0 bridgehead atoms. The first kappa shape index (κ1) is 15.7. The second-order valence-electron chi connectivity index (χ2n) is 6.25. The van der Waals surface area contributed by atoms with Crippen LogP contribution >= 0.6 is 0 Å². The molecule has 7 nitrogen and oxygen atoms in total. The summed E-state index contributed by atoms with van der Waals surface area (Å²) in [6, 6.07) is 7.63. The smallest absolute Gasteiger partial charge is 0.272 e. The van der Waals surface area contributed by atoms with E-state index in [1.165, 1.54) is 7.11 Å². The predicted molar refractivity (Wildman–Crippen MR) is 94.3 cm³/mol. The van der Waals surface area contributed by atoms with Gasteiger partial charge in [0.2, 0.25) is 0 Å². The molecule has 0 aliphatic carbocycles. The molecule has 7 heteroatoms. The first-order chi connectivity index (χ1) is 12.0. The Kier molecular flexibility index (Phi) is 3.54. The van der Waals surface area contributed by atoms with Crippen LogP contribution in [0.2, 0.25) is 0 Å². The summed E-state index contributed by atoms with van der Waals surface area (Å²) in [5, 5.41) is 4.23. The normalized spacial score (nSPS) is 14.7. The fourth-order valence-corrected chi connectivity index (χ4v) is 3.44. The zero-order valence-electron chi connectivity index (χ0n) is 14.3. The number of benzene rings is 1. The van der Waals surface area contributed by atoms with E-state index in [-0.39, 0.29) is 17.5 Å². The highest BCUT2D eigenvalue weighted by molar-refractivity contribution is 6.12. The number of nitrogens with zero attached hydrogens (tertiary/aromatic N) is 2. The molecule has 1 aliphatic heterocycles. The number of fused-ring (bicyclic) bond motifs is 3. The van der Waals surface area contributed by atoms with Gasteiger partial charge in [-0.2, -0.15) is 0 Å². The molecular weight excluding hydrogens is 322 g/mol. The van der Waals surface area contributed by atoms with E-state index in [0.717, 1.165) is 10.9 Å². The summed E-state index contributed by atoms with van der Waals surface area (Å²) in [7, 11) is 4.98. The fraction of sp³-hybridized carbons (Fsp3) is 0.333. The molecule has 130 valence electrons. The summed E-state index contributed by atoms with van der Waals surface area (Å²) in [6.45, 7) is 1.01. The quantitative estimate of drug-likeness (QED) is 0.776. The van der Waals surface area contributed by atoms with Gasteiger partial charge in [-0.1, -0.05) is 18.2 Å². The Morgan fingerprint density at radius 2 is 1.96 bits per heavy atom. The molecule has 4 rings (SSSR count). The first-order valence-corrected chi connectivity index (χ1v) is 8.07. The van der Waals surface area contributed by atoms with Crippen LogP contribution in [-0.4, -0.2) is 41.4 Å². The minimum Gasteiger partial charge on any atom is -0.493 e. The number of methoxy groups -OCH3 is 1. The highest BCUT2D eigenvalue weighted by Crippen LogP contribution is 2.34. The summed E-state index contributed by atoms with van der Waals surface area (Å²) in [6.07, 6.45) is 0. The number of hydrogen-bond donors (Lipinski definition) is 1. The number of pyridine rings is 1. The van der Waals surface area contributed by atoms with Crippen molar-refractivity contribution in [2.75, 3.05) is 20.3 Å². The van der Waals surface area contributed by atoms with Gasteiger partial charge in [-0.05, 0) is 6.07 Å². The minimum atomic E-state index is -0.269. The molecule has 3 aromatic rings. The highest BCUT2D eigenvalue weighted by atomic mass is 16.5. The lowest BCUT2D eigenvalue weighted by molar-refractivity contribution is -0.00363. The van der Waals surface area contributed by atoms with Crippen molar-refractivity contribution in [3.63, 3.8) is 0 Å². The van der Waals surface area contributed by atoms with Crippen LogP contribution in [0.4, 0.5) is 0 Å². The minimum absolute atomic E-state index is 0.00482. The van der Waals surface area contributed by atoms with Crippen LogP contribution < -0.4 is 15.6 Å². The average Bonchev–Trinajstić information content (AvgIpc) is 2.88. The van der Waals surface area contributed by atoms with Crippen LogP contribution in [0.25, 0.3) is 21.8 Å². The summed E-state index contributed by atoms with van der Waals surface area (Å²) in [4.78, 5) is 25.7. The number of para-hydroxylation sites is 1. The molecule has 0 spiro atoms. The van der Waals surface area contributed by atoms with Gasteiger partial charge < -0.3 is 23.9 Å². The maximum atomic E-state index is 12.9. The van der Waals surface area contributed by atoms with Gasteiger partial charge in [-0.15, -0.1) is 0 Å². The molecule has 0 radical (unpaired) electrons. The van der Waals surface area contributed by atoms with Gasteiger partial charge >= 0.3 is 0 Å². The van der Waals surface area contributed by atoms with E-state index in [1.54, 1.807) is 23.2 Å². The summed E-state index contributed by atoms with van der Waals surface area (Å²) < 4.78 is 13.9. The molecule has 1 aromatic carbocycles. The number of rotatable bonds is 3. The number of carbonyl (C=O) groups excluding carboxylic acids is 1. The van der Waals surface area contributed by atoms with Gasteiger partial charge in [0, 0.05) is 19.5 Å². The fourth-order valence-electron chi connectivity index (χ4n) is 3.44. The van der Waals surface area contributed by atoms with Crippen LogP contribution in [-0.2, 0) is 18.8 Å². The molecule has 0 saturated carbocycles. The van der Waals surface area contributed by atoms with E-state index in [1.807, 2.05) is 24.3 Å². The second-order valence-corrected chi connectivity index (χ2v) is 6.25. The van der Waals surface area contributed by atoms with E-state index < -0.39 is 0 Å². The monoisotopic (exact) mass is 341 g/mol. The molecule has 2 aromatic heterocycles. The lowest BCUT2D eigenvalue weighted by atomic mass is 10.1. The Morgan fingerprint density at radius 3 is 2.60 bits per heavy atom. The summed E-state index contributed by atoms with van der Waals surface area (Å²) >= 11 is 0. The van der Waals surface area contributed by atoms with Crippen molar-refractivity contribution in [2.24, 2.45) is 14.1 Å². The molecule has 1 saturated heterocycles. The topological polar surface area (TPSA) is 74.5 Å². The van der Waals surface area contributed by atoms with Crippen LogP contribution in [0.15, 0.2) is 29.1 Å². The molecule has 1 fully saturated rings. The van der Waals surface area contributed by atoms with E-state index in [9.17, 15) is 9.59 Å². The van der Waals surface area contributed by atoms with Gasteiger partial charge in [0.1, 0.15) is 5.39 Å². The Morgan fingerprint density at radius 1 is 1.24 bits per heavy atom. The van der Waals surface area contributed by atoms with Crippen LogP contribution in [0, 0.1) is 0 Å². The van der Waals surface area contributed by atoms with Crippen LogP contribution in [0.3, 0.4) is 0 Å². The van der Waals surface area contributed by atoms with Gasteiger partial charge in [0.05, 0.1) is 37.4 Å². The molecule has 1 N–H and O–H groups in total. The number of nitrogens with one attached hydrogen (secondary N) is 1. The second kappa shape index (κ2) is 5.63. The Hall–Kier alpha value is -2.80. The van der Waals surface area contributed by atoms with Crippen LogP contribution in [0.5, 0.6) is 5.75 Å². The molecule has 3 heterocycles. The number of carbonyl (C=O) groups is 1. The maximum absolute atomic E-state index is 12.9. The largest absolute Gasteiger partial charge is 0.493 e. The molecule has 0 unspecified atom stereocenters. The van der Waals surface area contributed by atoms with Crippen molar-refractivity contribution in [1.29, 1.82) is 0 Å². The Balaban J connectivity index is 2.06. The lowest BCUT2D eigenvalue weighted by Crippen LogP contribution is -2.48. The first-order valence-electron chi connectivity index (χ1n) is 8.07. The zero-order valence-corrected chi connectivity index (χ0v) is 14.3. The Labute approximate surface area is 143 Å². The van der Waals surface area contributed by atoms with Crippen molar-refractivity contribution in [3.8, 4) is 5.75 Å². The Bertz CT molecular complexity index is 1060. The maximum Gasteiger partial charge on any atom is 0.272 e. The van der Waals surface area contributed by atoms with Crippen molar-refractivity contribution in [3.05, 3.63) is 40.3 Å². The van der Waals surface area contributed by atoms with Gasteiger partial charge in [0.15, 0.2) is 11.4 Å². The van der Waals surface area contributed by atoms with Crippen molar-refractivity contribution < 1.29 is 14.3 Å². The number of hydrogen-bond acceptors (Lipinski definition) is 4. The van der Waals surface area contributed by atoms with Crippen LogP contribution in [0.1, 0.15) is 10.5 Å². The van der Waals surface area contributed by atoms with E-state index in [4.69, 9.17) is 9.47 Å². The van der Waals surface area contributed by atoms with Gasteiger partial charge in [-0.25, -0.2) is 0 Å². The third-order valence-corrected chi connectivity index (χ3v) is 4.78. The summed E-state index contributed by atoms with van der Waals surface area (Å²) in [5.74, 6) is 0.0385. The van der Waals surface area contributed by atoms with Crippen molar-refractivity contribution in [2.45, 2.75) is 6.04 Å².